The van der Waals surface area contributed by atoms with Crippen LogP contribution in [0.3, 0.4) is 0 Å². The van der Waals surface area contributed by atoms with Crippen molar-refractivity contribution in [1.82, 2.24) is 4.90 Å². The fourth-order valence-electron chi connectivity index (χ4n) is 2.03. The Balaban J connectivity index is 1.71. The molecule has 88 valence electrons. The molecule has 2 rings (SSSR count). The van der Waals surface area contributed by atoms with Crippen LogP contribution >= 0.6 is 22.6 Å². The second-order valence-corrected chi connectivity index (χ2v) is 5.45. The number of halogens is 1. The fraction of sp³-hybridized carbons (Fsp3) is 0.538. The van der Waals surface area contributed by atoms with Crippen molar-refractivity contribution in [3.63, 3.8) is 0 Å². The summed E-state index contributed by atoms with van der Waals surface area (Å²) in [5.74, 6) is 0.990. The van der Waals surface area contributed by atoms with Crippen molar-refractivity contribution in [3.05, 3.63) is 27.8 Å². The summed E-state index contributed by atoms with van der Waals surface area (Å²) in [6.07, 6.45) is 4.10. The summed E-state index contributed by atoms with van der Waals surface area (Å²) < 4.78 is 6.97. The minimum absolute atomic E-state index is 0.806. The van der Waals surface area contributed by atoms with Crippen LogP contribution in [0.15, 0.2) is 24.3 Å². The Kier molecular flexibility index (Phi) is 4.91. The smallest absolute Gasteiger partial charge is 0.120 e. The Hall–Kier alpha value is -0.290. The first kappa shape index (κ1) is 12.2. The second-order valence-electron chi connectivity index (χ2n) is 4.21. The summed E-state index contributed by atoms with van der Waals surface area (Å²) in [5, 5.41) is 0. The van der Waals surface area contributed by atoms with Gasteiger partial charge in [0.1, 0.15) is 12.4 Å². The van der Waals surface area contributed by atoms with E-state index in [1.165, 1.54) is 35.9 Å². The first-order chi connectivity index (χ1) is 7.84. The number of hydrogen-bond donors (Lipinski definition) is 0. The lowest BCUT2D eigenvalue weighted by molar-refractivity contribution is 0.183. The fourth-order valence-corrected chi connectivity index (χ4v) is 2.55. The topological polar surface area (TPSA) is 12.5 Å². The van der Waals surface area contributed by atoms with Crippen LogP contribution in [-0.2, 0) is 0 Å². The third-order valence-corrected chi connectivity index (χ3v) is 3.59. The van der Waals surface area contributed by atoms with E-state index in [9.17, 15) is 0 Å². The molecule has 1 heterocycles. The SMILES string of the molecule is Ic1cccc(OCCN2CCCCC2)c1. The van der Waals surface area contributed by atoms with Crippen molar-refractivity contribution < 1.29 is 4.74 Å². The van der Waals surface area contributed by atoms with Crippen LogP contribution in [0.2, 0.25) is 0 Å². The van der Waals surface area contributed by atoms with E-state index in [1.54, 1.807) is 0 Å². The number of hydrogen-bond acceptors (Lipinski definition) is 2. The summed E-state index contributed by atoms with van der Waals surface area (Å²) in [7, 11) is 0. The lowest BCUT2D eigenvalue weighted by Gasteiger charge is -2.26. The van der Waals surface area contributed by atoms with Crippen molar-refractivity contribution in [2.24, 2.45) is 0 Å². The van der Waals surface area contributed by atoms with Crippen LogP contribution in [0.25, 0.3) is 0 Å². The molecular weight excluding hydrogens is 313 g/mol. The van der Waals surface area contributed by atoms with E-state index in [0.29, 0.717) is 0 Å². The van der Waals surface area contributed by atoms with Gasteiger partial charge in [0.25, 0.3) is 0 Å². The minimum Gasteiger partial charge on any atom is -0.492 e. The highest BCUT2D eigenvalue weighted by Gasteiger charge is 2.09. The van der Waals surface area contributed by atoms with Crippen molar-refractivity contribution in [2.45, 2.75) is 19.3 Å². The van der Waals surface area contributed by atoms with Gasteiger partial charge < -0.3 is 4.74 Å². The molecule has 0 aromatic heterocycles. The lowest BCUT2D eigenvalue weighted by atomic mass is 10.1. The van der Waals surface area contributed by atoms with Crippen molar-refractivity contribution >= 4 is 22.6 Å². The van der Waals surface area contributed by atoms with Gasteiger partial charge in [0.15, 0.2) is 0 Å². The van der Waals surface area contributed by atoms with Gasteiger partial charge in [-0.05, 0) is 66.7 Å². The molecule has 1 saturated heterocycles. The predicted octanol–water partition coefficient (Wildman–Crippen LogP) is 3.16. The molecule has 2 nitrogen and oxygen atoms in total. The molecule has 1 aromatic carbocycles. The first-order valence-corrected chi connectivity index (χ1v) is 7.03. The number of likely N-dealkylation sites (tertiary alicyclic amines) is 1. The maximum Gasteiger partial charge on any atom is 0.120 e. The summed E-state index contributed by atoms with van der Waals surface area (Å²) in [4.78, 5) is 2.50. The molecule has 1 aromatic rings. The maximum atomic E-state index is 5.74. The van der Waals surface area contributed by atoms with Crippen LogP contribution in [0.1, 0.15) is 19.3 Å². The van der Waals surface area contributed by atoms with Crippen LogP contribution in [0, 0.1) is 3.57 Å². The number of piperidine rings is 1. The molecule has 16 heavy (non-hydrogen) atoms. The van der Waals surface area contributed by atoms with Gasteiger partial charge in [-0.1, -0.05) is 12.5 Å². The number of nitrogens with zero attached hydrogens (tertiary/aromatic N) is 1. The third kappa shape index (κ3) is 3.94. The lowest BCUT2D eigenvalue weighted by Crippen LogP contribution is -2.33. The van der Waals surface area contributed by atoms with Gasteiger partial charge in [-0.2, -0.15) is 0 Å². The number of rotatable bonds is 4. The molecule has 0 unspecified atom stereocenters. The van der Waals surface area contributed by atoms with Crippen molar-refractivity contribution in [3.8, 4) is 5.75 Å². The van der Waals surface area contributed by atoms with Gasteiger partial charge in [-0.25, -0.2) is 0 Å². The Labute approximate surface area is 111 Å². The molecule has 0 radical (unpaired) electrons. The average Bonchev–Trinajstić information content (AvgIpc) is 2.30. The van der Waals surface area contributed by atoms with Crippen LogP contribution in [0.5, 0.6) is 5.75 Å². The molecule has 0 spiro atoms. The van der Waals surface area contributed by atoms with Crippen molar-refractivity contribution in [2.75, 3.05) is 26.2 Å². The van der Waals surface area contributed by atoms with E-state index in [4.69, 9.17) is 4.74 Å². The van der Waals surface area contributed by atoms with Gasteiger partial charge in [0, 0.05) is 10.1 Å². The largest absolute Gasteiger partial charge is 0.492 e. The molecule has 1 aliphatic heterocycles. The molecule has 1 fully saturated rings. The number of benzene rings is 1. The van der Waals surface area contributed by atoms with E-state index in [1.807, 2.05) is 12.1 Å². The zero-order chi connectivity index (χ0) is 11.2. The molecule has 0 amide bonds. The molecule has 0 bridgehead atoms. The zero-order valence-corrected chi connectivity index (χ0v) is 11.7. The summed E-state index contributed by atoms with van der Waals surface area (Å²) in [5.41, 5.74) is 0. The molecule has 0 atom stereocenters. The quantitative estimate of drug-likeness (QED) is 0.786. The standard InChI is InChI=1S/C13H18INO/c14-12-5-4-6-13(11-12)16-10-9-15-7-2-1-3-8-15/h4-6,11H,1-3,7-10H2. The summed E-state index contributed by atoms with van der Waals surface area (Å²) in [6.45, 7) is 4.36. The third-order valence-electron chi connectivity index (χ3n) is 2.92. The maximum absolute atomic E-state index is 5.74. The average molecular weight is 331 g/mol. The normalized spacial score (nSPS) is 17.3. The van der Waals surface area contributed by atoms with E-state index >= 15 is 0 Å². The molecule has 3 heteroatoms. The number of ether oxygens (including phenoxy) is 1. The molecule has 0 N–H and O–H groups in total. The van der Waals surface area contributed by atoms with Crippen LogP contribution in [0.4, 0.5) is 0 Å². The monoisotopic (exact) mass is 331 g/mol. The van der Waals surface area contributed by atoms with Gasteiger partial charge in [0.05, 0.1) is 0 Å². The first-order valence-electron chi connectivity index (χ1n) is 5.95. The predicted molar refractivity (Wildman–Crippen MR) is 74.9 cm³/mol. The van der Waals surface area contributed by atoms with Gasteiger partial charge in [-0.3, -0.25) is 4.90 Å². The highest BCUT2D eigenvalue weighted by Crippen LogP contribution is 2.15. The van der Waals surface area contributed by atoms with Crippen LogP contribution < -0.4 is 4.74 Å². The minimum atomic E-state index is 0.806. The Morgan fingerprint density at radius 1 is 1.19 bits per heavy atom. The highest BCUT2D eigenvalue weighted by molar-refractivity contribution is 14.1. The van der Waals surface area contributed by atoms with E-state index in [2.05, 4.69) is 39.6 Å². The Bertz CT molecular complexity index is 323. The molecule has 0 saturated carbocycles. The molecular formula is C13H18INO. The van der Waals surface area contributed by atoms with E-state index in [0.717, 1.165) is 18.9 Å². The van der Waals surface area contributed by atoms with Gasteiger partial charge >= 0.3 is 0 Å². The van der Waals surface area contributed by atoms with Gasteiger partial charge in [0.2, 0.25) is 0 Å². The molecule has 0 aliphatic carbocycles. The van der Waals surface area contributed by atoms with E-state index in [-0.39, 0.29) is 0 Å². The second kappa shape index (κ2) is 6.45. The van der Waals surface area contributed by atoms with Crippen LogP contribution in [-0.4, -0.2) is 31.1 Å². The van der Waals surface area contributed by atoms with Crippen molar-refractivity contribution in [1.29, 1.82) is 0 Å². The van der Waals surface area contributed by atoms with E-state index < -0.39 is 0 Å². The van der Waals surface area contributed by atoms with Gasteiger partial charge in [-0.15, -0.1) is 0 Å². The summed E-state index contributed by atoms with van der Waals surface area (Å²) in [6, 6.07) is 8.23. The summed E-state index contributed by atoms with van der Waals surface area (Å²) >= 11 is 2.31. The zero-order valence-electron chi connectivity index (χ0n) is 9.49. The highest BCUT2D eigenvalue weighted by atomic mass is 127. The molecule has 1 aliphatic rings. The Morgan fingerprint density at radius 3 is 2.75 bits per heavy atom. The Morgan fingerprint density at radius 2 is 2.00 bits per heavy atom.